The summed E-state index contributed by atoms with van der Waals surface area (Å²) in [6.07, 6.45) is 1.05. The van der Waals surface area contributed by atoms with Crippen molar-refractivity contribution in [2.45, 2.75) is 24.8 Å². The molecule has 0 aromatic heterocycles. The van der Waals surface area contributed by atoms with Crippen LogP contribution in [0.3, 0.4) is 0 Å². The zero-order valence-corrected chi connectivity index (χ0v) is 12.9. The highest BCUT2D eigenvalue weighted by Crippen LogP contribution is 2.38. The molecule has 112 valence electrons. The molecular formula is C14H21FN2O2S. The molecule has 0 bridgehead atoms. The molecule has 0 spiro atoms. The third kappa shape index (κ3) is 3.19. The Morgan fingerprint density at radius 2 is 2.10 bits per heavy atom. The molecule has 0 amide bonds. The van der Waals surface area contributed by atoms with Crippen molar-refractivity contribution in [3.05, 3.63) is 29.6 Å². The first kappa shape index (κ1) is 15.4. The lowest BCUT2D eigenvalue weighted by atomic mass is 10.2. The van der Waals surface area contributed by atoms with E-state index in [9.17, 15) is 12.8 Å². The molecule has 0 heterocycles. The summed E-state index contributed by atoms with van der Waals surface area (Å²) in [5, 5.41) is 2.90. The van der Waals surface area contributed by atoms with Crippen LogP contribution in [0.1, 0.15) is 18.9 Å². The largest absolute Gasteiger partial charge is 0.316 e. The van der Waals surface area contributed by atoms with Gasteiger partial charge in [-0.25, -0.2) is 17.1 Å². The van der Waals surface area contributed by atoms with Crippen molar-refractivity contribution in [3.63, 3.8) is 0 Å². The molecule has 1 saturated carbocycles. The lowest BCUT2D eigenvalue weighted by Gasteiger charge is -2.17. The minimum absolute atomic E-state index is 0.242. The number of hydrogen-bond donors (Lipinski definition) is 1. The van der Waals surface area contributed by atoms with Gasteiger partial charge >= 0.3 is 0 Å². The molecule has 0 aliphatic heterocycles. The average molecular weight is 300 g/mol. The molecule has 1 aliphatic carbocycles. The van der Waals surface area contributed by atoms with Crippen molar-refractivity contribution < 1.29 is 12.8 Å². The van der Waals surface area contributed by atoms with Gasteiger partial charge in [0.1, 0.15) is 10.7 Å². The van der Waals surface area contributed by atoms with Crippen LogP contribution < -0.4 is 5.32 Å². The summed E-state index contributed by atoms with van der Waals surface area (Å²) < 4.78 is 40.0. The summed E-state index contributed by atoms with van der Waals surface area (Å²) in [5.74, 6) is 0.283. The first-order valence-electron chi connectivity index (χ1n) is 6.75. The third-order valence-corrected chi connectivity index (χ3v) is 5.69. The first-order valence-corrected chi connectivity index (χ1v) is 8.19. The number of hydrogen-bond acceptors (Lipinski definition) is 3. The Bertz CT molecular complexity index is 589. The van der Waals surface area contributed by atoms with Crippen LogP contribution in [0.2, 0.25) is 0 Å². The molecule has 2 rings (SSSR count). The molecule has 1 aromatic carbocycles. The Balaban J connectivity index is 2.20. The van der Waals surface area contributed by atoms with Crippen LogP contribution in [0.25, 0.3) is 0 Å². The highest BCUT2D eigenvalue weighted by molar-refractivity contribution is 7.89. The topological polar surface area (TPSA) is 49.4 Å². The second kappa shape index (κ2) is 5.79. The minimum atomic E-state index is -3.74. The summed E-state index contributed by atoms with van der Waals surface area (Å²) in [7, 11) is -0.470. The van der Waals surface area contributed by atoms with E-state index in [2.05, 4.69) is 12.2 Å². The molecule has 1 fully saturated rings. The van der Waals surface area contributed by atoms with Gasteiger partial charge in [0.15, 0.2) is 0 Å². The molecule has 4 nitrogen and oxygen atoms in total. The van der Waals surface area contributed by atoms with Gasteiger partial charge in [0.05, 0.1) is 0 Å². The zero-order chi connectivity index (χ0) is 14.9. The van der Waals surface area contributed by atoms with Crippen molar-refractivity contribution in [1.29, 1.82) is 0 Å². The molecule has 1 aliphatic rings. The summed E-state index contributed by atoms with van der Waals surface area (Å²) in [5.41, 5.74) is 0.724. The van der Waals surface area contributed by atoms with Crippen molar-refractivity contribution >= 4 is 10.0 Å². The summed E-state index contributed by atoms with van der Waals surface area (Å²) in [6.45, 7) is 3.06. The fourth-order valence-electron chi connectivity index (χ4n) is 2.32. The number of sulfonamides is 1. The SMILES string of the molecule is CNCc1ccc(S(=O)(=O)N(C)CC2CC2C)c(F)c1. The highest BCUT2D eigenvalue weighted by atomic mass is 32.2. The van der Waals surface area contributed by atoms with E-state index < -0.39 is 15.8 Å². The third-order valence-electron chi connectivity index (χ3n) is 3.83. The standard InChI is InChI=1S/C14H21FN2O2S/c1-10-6-12(10)9-17(3)20(18,19)14-5-4-11(8-16-2)7-13(14)15/h4-5,7,10,12,16H,6,8-9H2,1-3H3. The molecule has 0 saturated heterocycles. The van der Waals surface area contributed by atoms with Gasteiger partial charge in [-0.2, -0.15) is 0 Å². The van der Waals surface area contributed by atoms with Gasteiger partial charge in [-0.1, -0.05) is 13.0 Å². The van der Waals surface area contributed by atoms with Crippen LogP contribution >= 0.6 is 0 Å². The number of nitrogens with one attached hydrogen (secondary N) is 1. The van der Waals surface area contributed by atoms with E-state index in [4.69, 9.17) is 0 Å². The molecule has 0 radical (unpaired) electrons. The maximum Gasteiger partial charge on any atom is 0.245 e. The molecule has 20 heavy (non-hydrogen) atoms. The van der Waals surface area contributed by atoms with Gasteiger partial charge in [-0.3, -0.25) is 0 Å². The van der Waals surface area contributed by atoms with Crippen molar-refractivity contribution in [2.75, 3.05) is 20.6 Å². The second-order valence-corrected chi connectivity index (χ2v) is 7.57. The lowest BCUT2D eigenvalue weighted by molar-refractivity contribution is 0.440. The average Bonchev–Trinajstić information content (AvgIpc) is 3.05. The normalized spacial score (nSPS) is 22.2. The molecule has 1 aromatic rings. The van der Waals surface area contributed by atoms with E-state index in [0.717, 1.165) is 12.0 Å². The zero-order valence-electron chi connectivity index (χ0n) is 12.1. The van der Waals surface area contributed by atoms with E-state index in [-0.39, 0.29) is 4.90 Å². The maximum atomic E-state index is 14.0. The fourth-order valence-corrected chi connectivity index (χ4v) is 3.59. The van der Waals surface area contributed by atoms with E-state index in [1.165, 1.54) is 23.5 Å². The molecule has 2 atom stereocenters. The van der Waals surface area contributed by atoms with Crippen molar-refractivity contribution in [1.82, 2.24) is 9.62 Å². The number of nitrogens with zero attached hydrogens (tertiary/aromatic N) is 1. The molecule has 2 unspecified atom stereocenters. The van der Waals surface area contributed by atoms with Crippen molar-refractivity contribution in [2.24, 2.45) is 11.8 Å². The summed E-state index contributed by atoms with van der Waals surface area (Å²) >= 11 is 0. The Kier molecular flexibility index (Phi) is 4.46. The molecule has 6 heteroatoms. The Morgan fingerprint density at radius 1 is 1.45 bits per heavy atom. The quantitative estimate of drug-likeness (QED) is 0.872. The van der Waals surface area contributed by atoms with Crippen LogP contribution in [0.4, 0.5) is 4.39 Å². The Labute approximate surface area is 120 Å². The van der Waals surface area contributed by atoms with Crippen LogP contribution in [0, 0.1) is 17.7 Å². The van der Waals surface area contributed by atoms with Crippen LogP contribution in [-0.2, 0) is 16.6 Å². The van der Waals surface area contributed by atoms with Gasteiger partial charge < -0.3 is 5.32 Å². The van der Waals surface area contributed by atoms with E-state index in [1.807, 2.05) is 0 Å². The minimum Gasteiger partial charge on any atom is -0.316 e. The second-order valence-electron chi connectivity index (χ2n) is 5.55. The molecular weight excluding hydrogens is 279 g/mol. The predicted octanol–water partition coefficient (Wildman–Crippen LogP) is 1.82. The fraction of sp³-hybridized carbons (Fsp3) is 0.571. The van der Waals surface area contributed by atoms with Crippen LogP contribution in [0.15, 0.2) is 23.1 Å². The highest BCUT2D eigenvalue weighted by Gasteiger charge is 2.36. The monoisotopic (exact) mass is 300 g/mol. The number of benzene rings is 1. The first-order chi connectivity index (χ1) is 9.36. The predicted molar refractivity (Wildman–Crippen MR) is 76.3 cm³/mol. The van der Waals surface area contributed by atoms with Gasteiger partial charge in [0.25, 0.3) is 0 Å². The van der Waals surface area contributed by atoms with Gasteiger partial charge in [0.2, 0.25) is 10.0 Å². The molecule has 1 N–H and O–H groups in total. The van der Waals surface area contributed by atoms with E-state index in [1.54, 1.807) is 13.1 Å². The van der Waals surface area contributed by atoms with Crippen molar-refractivity contribution in [3.8, 4) is 0 Å². The van der Waals surface area contributed by atoms with E-state index in [0.29, 0.717) is 24.9 Å². The number of halogens is 1. The Hall–Kier alpha value is -0.980. The summed E-state index contributed by atoms with van der Waals surface area (Å²) in [6, 6.07) is 4.27. The number of rotatable bonds is 6. The van der Waals surface area contributed by atoms with E-state index >= 15 is 0 Å². The van der Waals surface area contributed by atoms with Crippen LogP contribution in [0.5, 0.6) is 0 Å². The van der Waals surface area contributed by atoms with Crippen LogP contribution in [-0.4, -0.2) is 33.4 Å². The Morgan fingerprint density at radius 3 is 2.60 bits per heavy atom. The lowest BCUT2D eigenvalue weighted by Crippen LogP contribution is -2.30. The summed E-state index contributed by atoms with van der Waals surface area (Å²) in [4.78, 5) is -0.242. The smallest absolute Gasteiger partial charge is 0.245 e. The maximum absolute atomic E-state index is 14.0. The van der Waals surface area contributed by atoms with Gasteiger partial charge in [-0.05, 0) is 43.0 Å². The van der Waals surface area contributed by atoms with Gasteiger partial charge in [0, 0.05) is 20.1 Å². The van der Waals surface area contributed by atoms with Gasteiger partial charge in [-0.15, -0.1) is 0 Å².